The molecule has 0 aromatic heterocycles. The predicted molar refractivity (Wildman–Crippen MR) is 217 cm³/mol. The van der Waals surface area contributed by atoms with Crippen molar-refractivity contribution < 1.29 is 60.4 Å². The Morgan fingerprint density at radius 1 is 0.632 bits per heavy atom. The van der Waals surface area contributed by atoms with E-state index in [9.17, 15) is 39.5 Å². The second-order valence-corrected chi connectivity index (χ2v) is 18.6. The summed E-state index contributed by atoms with van der Waals surface area (Å²) in [7, 11) is 11.0. The van der Waals surface area contributed by atoms with Gasteiger partial charge in [0.05, 0.1) is 0 Å². The third kappa shape index (κ3) is 11.1. The quantitative estimate of drug-likeness (QED) is 0.0887. The molecule has 0 aliphatic carbocycles. The molecule has 0 spiro atoms. The van der Waals surface area contributed by atoms with E-state index in [4.69, 9.17) is 17.0 Å². The number of alkyl halides is 9. The molecule has 6 aromatic carbocycles. The summed E-state index contributed by atoms with van der Waals surface area (Å²) in [5.41, 5.74) is -0.812. The average molecular weight is 933 g/mol. The summed E-state index contributed by atoms with van der Waals surface area (Å²) >= 11 is -0.826. The summed E-state index contributed by atoms with van der Waals surface area (Å²) < 4.78 is 119. The van der Waals surface area contributed by atoms with Crippen LogP contribution < -0.4 is 0 Å². The van der Waals surface area contributed by atoms with Crippen LogP contribution in [-0.2, 0) is 26.3 Å². The first kappa shape index (κ1) is 48.5. The van der Waals surface area contributed by atoms with Crippen LogP contribution in [-0.4, -0.2) is 28.0 Å². The van der Waals surface area contributed by atoms with Crippen molar-refractivity contribution in [2.75, 3.05) is 0 Å². The summed E-state index contributed by atoms with van der Waals surface area (Å²) in [5.74, 6) is 1.21. The third-order valence-electron chi connectivity index (χ3n) is 9.64. The van der Waals surface area contributed by atoms with Gasteiger partial charge in [0, 0.05) is 9.52 Å². The van der Waals surface area contributed by atoms with Crippen LogP contribution >= 0.6 is 17.0 Å². The molecule has 57 heavy (non-hydrogen) atoms. The molecule has 0 aliphatic rings. The van der Waals surface area contributed by atoms with Crippen molar-refractivity contribution in [2.24, 2.45) is 0 Å². The van der Waals surface area contributed by atoms with Gasteiger partial charge >= 0.3 is 56.4 Å². The summed E-state index contributed by atoms with van der Waals surface area (Å²) in [6, 6.07) is 31.2. The molecule has 0 aliphatic heterocycles. The average Bonchev–Trinajstić information content (AvgIpc) is 3.74. The molecular formula is C44H43Cl2F9SiZr. The molecule has 6 aromatic rings. The molecule has 13 heteroatoms. The van der Waals surface area contributed by atoms with Crippen molar-refractivity contribution >= 4 is 48.1 Å². The van der Waals surface area contributed by atoms with E-state index in [0.29, 0.717) is 22.8 Å². The van der Waals surface area contributed by atoms with Gasteiger partial charge < -0.3 is 0 Å². The molecule has 0 fully saturated rings. The minimum absolute atomic E-state index is 0.199. The van der Waals surface area contributed by atoms with Crippen molar-refractivity contribution in [2.45, 2.75) is 89.9 Å². The Kier molecular flexibility index (Phi) is 17.4. The first-order chi connectivity index (χ1) is 26.6. The van der Waals surface area contributed by atoms with Gasteiger partial charge in [-0.25, -0.2) is 0 Å². The molecule has 1 unspecified atom stereocenters. The van der Waals surface area contributed by atoms with E-state index >= 15 is 0 Å². The van der Waals surface area contributed by atoms with E-state index in [1.165, 1.54) is 39.4 Å². The monoisotopic (exact) mass is 930 g/mol. The fraction of sp³-hybridized carbons (Fsp3) is 0.318. The zero-order chi connectivity index (χ0) is 42.9. The van der Waals surface area contributed by atoms with Gasteiger partial charge in [-0.3, -0.25) is 0 Å². The first-order valence-electron chi connectivity index (χ1n) is 17.9. The molecule has 0 saturated heterocycles. The zero-order valence-corrected chi connectivity index (χ0v) is 37.4. The van der Waals surface area contributed by atoms with Gasteiger partial charge in [0.1, 0.15) is 0 Å². The Balaban J connectivity index is 0.000000275. The van der Waals surface area contributed by atoms with Gasteiger partial charge in [-0.05, 0) is 34.1 Å². The topological polar surface area (TPSA) is 0 Å². The van der Waals surface area contributed by atoms with Crippen molar-refractivity contribution in [3.05, 3.63) is 131 Å². The normalized spacial score (nSPS) is 12.5. The fourth-order valence-corrected chi connectivity index (χ4v) is 6.59. The SMILES string of the molecule is CCC(C)c1cc2c(-c3ccc(C(C)C)cc3)cccc2[cH-]1.C[Si]C.Cc1cc2c(-c3ccc(C(C(F)(F)F)(C(F)(F)F)C(F)(F)F)cc3)cccc2[cH-]1.[Cl][Zr+2][Cl]. The van der Waals surface area contributed by atoms with Gasteiger partial charge in [-0.1, -0.05) is 126 Å². The number of benzene rings is 4. The van der Waals surface area contributed by atoms with Gasteiger partial charge in [0.2, 0.25) is 0 Å². The molecule has 6 rings (SSSR count). The molecule has 0 nitrogen and oxygen atoms in total. The van der Waals surface area contributed by atoms with Crippen LogP contribution in [0.5, 0.6) is 0 Å². The molecule has 304 valence electrons. The van der Waals surface area contributed by atoms with Crippen LogP contribution in [0, 0.1) is 6.92 Å². The van der Waals surface area contributed by atoms with Crippen LogP contribution in [0.15, 0.2) is 109 Å². The summed E-state index contributed by atoms with van der Waals surface area (Å²) in [6.07, 6.45) is -18.7. The molecule has 2 radical (unpaired) electrons. The molecule has 1 atom stereocenters. The number of halogens is 11. The number of aryl methyl sites for hydroxylation is 1. The van der Waals surface area contributed by atoms with Crippen molar-refractivity contribution in [1.29, 1.82) is 0 Å². The first-order valence-corrected chi connectivity index (χ1v) is 26.3. The van der Waals surface area contributed by atoms with Gasteiger partial charge in [-0.2, -0.15) is 51.6 Å². The zero-order valence-electron chi connectivity index (χ0n) is 32.4. The van der Waals surface area contributed by atoms with Crippen LogP contribution in [0.2, 0.25) is 13.1 Å². The van der Waals surface area contributed by atoms with E-state index in [1.54, 1.807) is 31.2 Å². The van der Waals surface area contributed by atoms with Crippen molar-refractivity contribution in [3.63, 3.8) is 0 Å². The van der Waals surface area contributed by atoms with Crippen LogP contribution in [0.4, 0.5) is 39.5 Å². The fourth-order valence-electron chi connectivity index (χ4n) is 6.59. The Morgan fingerprint density at radius 2 is 1.04 bits per heavy atom. The number of hydrogen-bond donors (Lipinski definition) is 0. The standard InChI is InChI=1S/C22H25.C20H12F9.C2H6Si.2ClH.Zr/c1-5-16(4)20-13-19-7-6-8-21(22(19)14-20)18-11-9-17(10-12-18)15(2)3;1-11-9-13-3-2-4-15(16(13)10-11)12-5-7-14(8-6-12)17(18(21,22)23,19(24,25)26)20(27,28)29;1-3-2;;;/h6-16H,5H2,1-4H3;2-10H,1H3;1-2H3;2*1H;/q2*-1;;;;+4/p-2. The van der Waals surface area contributed by atoms with Crippen LogP contribution in [0.1, 0.15) is 68.2 Å². The second-order valence-electron chi connectivity index (χ2n) is 13.9. The van der Waals surface area contributed by atoms with Crippen LogP contribution in [0.3, 0.4) is 0 Å². The maximum absolute atomic E-state index is 13.2. The van der Waals surface area contributed by atoms with E-state index in [1.807, 2.05) is 6.07 Å². The molecule has 0 heterocycles. The van der Waals surface area contributed by atoms with E-state index in [-0.39, 0.29) is 17.7 Å². The molecule has 0 amide bonds. The van der Waals surface area contributed by atoms with Gasteiger partial charge in [0.25, 0.3) is 5.41 Å². The predicted octanol–water partition coefficient (Wildman–Crippen LogP) is 16.5. The van der Waals surface area contributed by atoms with Crippen LogP contribution in [0.25, 0.3) is 43.8 Å². The summed E-state index contributed by atoms with van der Waals surface area (Å²) in [6.45, 7) is 15.2. The summed E-state index contributed by atoms with van der Waals surface area (Å²) in [4.78, 5) is 0. The Bertz CT molecular complexity index is 2110. The van der Waals surface area contributed by atoms with Gasteiger partial charge in [-0.15, -0.1) is 69.1 Å². The Labute approximate surface area is 350 Å². The van der Waals surface area contributed by atoms with E-state index in [2.05, 4.69) is 95.4 Å². The number of fused-ring (bicyclic) bond motifs is 2. The minimum atomic E-state index is -6.63. The Morgan fingerprint density at radius 3 is 1.44 bits per heavy atom. The Hall–Kier alpha value is -2.85. The number of hydrogen-bond acceptors (Lipinski definition) is 0. The molecule has 0 saturated carbocycles. The maximum atomic E-state index is 13.2. The van der Waals surface area contributed by atoms with Gasteiger partial charge in [0.15, 0.2) is 0 Å². The summed E-state index contributed by atoms with van der Waals surface area (Å²) in [5, 5.41) is 4.22. The molecule has 0 bridgehead atoms. The van der Waals surface area contributed by atoms with E-state index < -0.39 is 50.4 Å². The van der Waals surface area contributed by atoms with E-state index in [0.717, 1.165) is 32.6 Å². The van der Waals surface area contributed by atoms with Crippen molar-refractivity contribution in [1.82, 2.24) is 0 Å². The number of rotatable bonds is 6. The molecule has 0 N–H and O–H groups in total. The van der Waals surface area contributed by atoms with Crippen molar-refractivity contribution in [3.8, 4) is 22.3 Å². The second kappa shape index (κ2) is 20.4. The third-order valence-corrected chi connectivity index (χ3v) is 9.64. The molecular weight excluding hydrogens is 890 g/mol.